The summed E-state index contributed by atoms with van der Waals surface area (Å²) in [6.07, 6.45) is -4.63. The van der Waals surface area contributed by atoms with Crippen LogP contribution in [0.3, 0.4) is 0 Å². The van der Waals surface area contributed by atoms with Crippen LogP contribution in [0.5, 0.6) is 0 Å². The van der Waals surface area contributed by atoms with Gasteiger partial charge in [-0.15, -0.1) is 0 Å². The van der Waals surface area contributed by atoms with Gasteiger partial charge >= 0.3 is 6.18 Å². The molecular formula is C17H20F3N3O2. The average molecular weight is 355 g/mol. The van der Waals surface area contributed by atoms with E-state index in [2.05, 4.69) is 4.98 Å². The Morgan fingerprint density at radius 2 is 2.08 bits per heavy atom. The highest BCUT2D eigenvalue weighted by molar-refractivity contribution is 5.81. The fourth-order valence-corrected chi connectivity index (χ4v) is 3.07. The van der Waals surface area contributed by atoms with Gasteiger partial charge in [0.05, 0.1) is 24.2 Å². The lowest BCUT2D eigenvalue weighted by atomic mass is 9.88. The number of likely N-dealkylation sites (N-methyl/N-ethyl adjacent to an activating group) is 1. The minimum Gasteiger partial charge on any atom is -0.380 e. The predicted octanol–water partition coefficient (Wildman–Crippen LogP) is 2.86. The van der Waals surface area contributed by atoms with Crippen LogP contribution in [0.2, 0.25) is 0 Å². The Hall–Kier alpha value is -2.09. The third kappa shape index (κ3) is 3.49. The Morgan fingerprint density at radius 1 is 1.40 bits per heavy atom. The van der Waals surface area contributed by atoms with Gasteiger partial charge in [-0.3, -0.25) is 4.79 Å². The molecule has 0 spiro atoms. The number of hydrogen-bond donors (Lipinski definition) is 0. The highest BCUT2D eigenvalue weighted by atomic mass is 19.4. The molecule has 1 amide bonds. The third-order valence-electron chi connectivity index (χ3n) is 4.40. The monoisotopic (exact) mass is 355 g/mol. The summed E-state index contributed by atoms with van der Waals surface area (Å²) in [5.41, 5.74) is 1.22. The summed E-state index contributed by atoms with van der Waals surface area (Å²) in [5.74, 6) is -1.44. The van der Waals surface area contributed by atoms with Gasteiger partial charge in [-0.2, -0.15) is 13.2 Å². The summed E-state index contributed by atoms with van der Waals surface area (Å²) < 4.78 is 46.2. The molecule has 0 saturated carbocycles. The molecule has 1 fully saturated rings. The van der Waals surface area contributed by atoms with E-state index in [1.165, 1.54) is 11.0 Å². The number of carbonyl (C=O) groups excluding carboxylic acids is 1. The molecule has 1 aliphatic heterocycles. The molecule has 8 heteroatoms. The van der Waals surface area contributed by atoms with Crippen LogP contribution in [-0.2, 0) is 22.3 Å². The lowest BCUT2D eigenvalue weighted by Gasteiger charge is -2.40. The number of fused-ring (bicyclic) bond motifs is 1. The lowest BCUT2D eigenvalue weighted by molar-refractivity contribution is -0.149. The topological polar surface area (TPSA) is 47.4 Å². The van der Waals surface area contributed by atoms with E-state index >= 15 is 0 Å². The first-order chi connectivity index (χ1) is 11.6. The SMILES string of the molecule is Cc1ccc2nc(C(F)(F)F)n(CC(=O)N(C)CC3(C)COC3)c2c1. The number of halogens is 3. The molecule has 2 heterocycles. The number of imidazole rings is 1. The summed E-state index contributed by atoms with van der Waals surface area (Å²) in [6.45, 7) is 4.91. The van der Waals surface area contributed by atoms with Crippen molar-refractivity contribution in [1.29, 1.82) is 0 Å². The van der Waals surface area contributed by atoms with Gasteiger partial charge in [-0.25, -0.2) is 4.98 Å². The number of amides is 1. The van der Waals surface area contributed by atoms with E-state index in [1.54, 1.807) is 26.1 Å². The summed E-state index contributed by atoms with van der Waals surface area (Å²) in [6, 6.07) is 4.86. The van der Waals surface area contributed by atoms with Crippen molar-refractivity contribution < 1.29 is 22.7 Å². The number of aromatic nitrogens is 2. The van der Waals surface area contributed by atoms with Crippen LogP contribution >= 0.6 is 0 Å². The normalized spacial score (nSPS) is 16.7. The van der Waals surface area contributed by atoms with E-state index in [4.69, 9.17) is 4.74 Å². The largest absolute Gasteiger partial charge is 0.449 e. The van der Waals surface area contributed by atoms with Crippen LogP contribution in [0, 0.1) is 12.3 Å². The number of hydrogen-bond acceptors (Lipinski definition) is 3. The van der Waals surface area contributed by atoms with Crippen LogP contribution in [-0.4, -0.2) is 47.2 Å². The Balaban J connectivity index is 1.91. The average Bonchev–Trinajstić information content (AvgIpc) is 2.83. The van der Waals surface area contributed by atoms with Crippen molar-refractivity contribution in [3.05, 3.63) is 29.6 Å². The maximum Gasteiger partial charge on any atom is 0.449 e. The molecule has 0 aliphatic carbocycles. The minimum absolute atomic E-state index is 0.134. The molecule has 3 rings (SSSR count). The van der Waals surface area contributed by atoms with E-state index in [0.717, 1.165) is 10.1 Å². The van der Waals surface area contributed by atoms with Gasteiger partial charge in [0, 0.05) is 19.0 Å². The number of benzene rings is 1. The van der Waals surface area contributed by atoms with Crippen LogP contribution in [0.25, 0.3) is 11.0 Å². The van der Waals surface area contributed by atoms with Crippen molar-refractivity contribution in [2.45, 2.75) is 26.6 Å². The molecule has 1 aromatic carbocycles. The zero-order valence-electron chi connectivity index (χ0n) is 14.4. The lowest BCUT2D eigenvalue weighted by Crippen LogP contribution is -2.49. The van der Waals surface area contributed by atoms with Gasteiger partial charge in [0.25, 0.3) is 0 Å². The molecule has 5 nitrogen and oxygen atoms in total. The molecule has 1 saturated heterocycles. The molecule has 0 N–H and O–H groups in total. The fraction of sp³-hybridized carbons (Fsp3) is 0.529. The van der Waals surface area contributed by atoms with Gasteiger partial charge in [-0.1, -0.05) is 13.0 Å². The van der Waals surface area contributed by atoms with Crippen LogP contribution in [0.1, 0.15) is 18.3 Å². The molecule has 0 atom stereocenters. The Bertz CT molecular complexity index is 809. The number of ether oxygens (including phenoxy) is 1. The minimum atomic E-state index is -4.63. The summed E-state index contributed by atoms with van der Waals surface area (Å²) in [4.78, 5) is 17.7. The smallest absolute Gasteiger partial charge is 0.380 e. The molecule has 1 aromatic heterocycles. The van der Waals surface area contributed by atoms with Crippen molar-refractivity contribution >= 4 is 16.9 Å². The Labute approximate surface area is 143 Å². The van der Waals surface area contributed by atoms with Crippen molar-refractivity contribution in [3.8, 4) is 0 Å². The zero-order valence-corrected chi connectivity index (χ0v) is 14.4. The predicted molar refractivity (Wildman–Crippen MR) is 86.0 cm³/mol. The van der Waals surface area contributed by atoms with Crippen LogP contribution in [0.4, 0.5) is 13.2 Å². The molecule has 0 radical (unpaired) electrons. The second-order valence-corrected chi connectivity index (χ2v) is 7.06. The first-order valence-electron chi connectivity index (χ1n) is 7.95. The van der Waals surface area contributed by atoms with E-state index in [9.17, 15) is 18.0 Å². The maximum absolute atomic E-state index is 13.3. The summed E-state index contributed by atoms with van der Waals surface area (Å²) in [7, 11) is 1.60. The highest BCUT2D eigenvalue weighted by Gasteiger charge is 2.39. The number of aryl methyl sites for hydroxylation is 1. The zero-order chi connectivity index (χ0) is 18.4. The van der Waals surface area contributed by atoms with Gasteiger partial charge in [-0.05, 0) is 24.6 Å². The van der Waals surface area contributed by atoms with Crippen molar-refractivity contribution in [1.82, 2.24) is 14.5 Å². The van der Waals surface area contributed by atoms with E-state index in [1.807, 2.05) is 6.92 Å². The second-order valence-electron chi connectivity index (χ2n) is 7.06. The van der Waals surface area contributed by atoms with E-state index in [-0.39, 0.29) is 16.8 Å². The van der Waals surface area contributed by atoms with Crippen molar-refractivity contribution in [2.24, 2.45) is 5.41 Å². The molecule has 1 aliphatic rings. The molecule has 25 heavy (non-hydrogen) atoms. The first-order valence-corrected chi connectivity index (χ1v) is 7.95. The molecule has 2 aromatic rings. The van der Waals surface area contributed by atoms with Gasteiger partial charge in [0.15, 0.2) is 0 Å². The van der Waals surface area contributed by atoms with Gasteiger partial charge < -0.3 is 14.2 Å². The number of carbonyl (C=O) groups is 1. The fourth-order valence-electron chi connectivity index (χ4n) is 3.07. The first kappa shape index (κ1) is 17.7. The van der Waals surface area contributed by atoms with E-state index < -0.39 is 18.5 Å². The number of alkyl halides is 3. The van der Waals surface area contributed by atoms with Crippen molar-refractivity contribution in [3.63, 3.8) is 0 Å². The van der Waals surface area contributed by atoms with Gasteiger partial charge in [0.1, 0.15) is 6.54 Å². The third-order valence-corrected chi connectivity index (χ3v) is 4.40. The second kappa shape index (κ2) is 6.01. The van der Waals surface area contributed by atoms with Crippen LogP contribution in [0.15, 0.2) is 18.2 Å². The Morgan fingerprint density at radius 3 is 2.64 bits per heavy atom. The summed E-state index contributed by atoms with van der Waals surface area (Å²) >= 11 is 0. The summed E-state index contributed by atoms with van der Waals surface area (Å²) in [5, 5.41) is 0. The molecule has 0 unspecified atom stereocenters. The Kier molecular flexibility index (Phi) is 4.26. The maximum atomic E-state index is 13.3. The van der Waals surface area contributed by atoms with Crippen LogP contribution < -0.4 is 0 Å². The number of nitrogens with zero attached hydrogens (tertiary/aromatic N) is 3. The molecule has 0 bridgehead atoms. The quantitative estimate of drug-likeness (QED) is 0.847. The van der Waals surface area contributed by atoms with Gasteiger partial charge in [0.2, 0.25) is 11.7 Å². The molecular weight excluding hydrogens is 335 g/mol. The number of rotatable bonds is 4. The highest BCUT2D eigenvalue weighted by Crippen LogP contribution is 2.32. The van der Waals surface area contributed by atoms with E-state index in [0.29, 0.717) is 25.3 Å². The standard InChI is InChI=1S/C17H20F3N3O2/c1-11-4-5-12-13(6-11)23(15(21-12)17(18,19)20)7-14(24)22(3)8-16(2)9-25-10-16/h4-6H,7-10H2,1-3H3. The van der Waals surface area contributed by atoms with Crippen molar-refractivity contribution in [2.75, 3.05) is 26.8 Å². The molecule has 136 valence electrons.